The van der Waals surface area contributed by atoms with Crippen LogP contribution in [0.4, 0.5) is 0 Å². The summed E-state index contributed by atoms with van der Waals surface area (Å²) in [7, 11) is 0. The minimum atomic E-state index is -0.176. The molecule has 2 heterocycles. The van der Waals surface area contributed by atoms with E-state index in [-0.39, 0.29) is 5.79 Å². The SMILES string of the molecule is CCCC1CN(C2CCC3(CC2)OCCO3)C1. The van der Waals surface area contributed by atoms with Crippen LogP contribution in [0.2, 0.25) is 0 Å². The van der Waals surface area contributed by atoms with E-state index in [1.165, 1.54) is 38.8 Å². The number of hydrogen-bond donors (Lipinski definition) is 0. The van der Waals surface area contributed by atoms with Crippen LogP contribution >= 0.6 is 0 Å². The smallest absolute Gasteiger partial charge is 0.168 e. The molecular formula is C14H25NO2. The van der Waals surface area contributed by atoms with Crippen molar-refractivity contribution in [1.82, 2.24) is 4.90 Å². The summed E-state index contributed by atoms with van der Waals surface area (Å²) in [5, 5.41) is 0. The summed E-state index contributed by atoms with van der Waals surface area (Å²) in [5.41, 5.74) is 0. The first-order chi connectivity index (χ1) is 8.31. The maximum absolute atomic E-state index is 5.78. The predicted octanol–water partition coefficient (Wildman–Crippen LogP) is 2.40. The second kappa shape index (κ2) is 4.87. The molecule has 0 unspecified atom stereocenters. The number of ether oxygens (including phenoxy) is 2. The molecule has 2 saturated heterocycles. The summed E-state index contributed by atoms with van der Waals surface area (Å²) in [6.07, 6.45) is 7.49. The first-order valence-corrected chi connectivity index (χ1v) is 7.33. The van der Waals surface area contributed by atoms with Crippen molar-refractivity contribution in [2.45, 2.75) is 57.3 Å². The highest BCUT2D eigenvalue weighted by Gasteiger charge is 2.43. The molecule has 1 aliphatic carbocycles. The van der Waals surface area contributed by atoms with Crippen LogP contribution in [-0.2, 0) is 9.47 Å². The first-order valence-electron chi connectivity index (χ1n) is 7.33. The molecule has 0 bridgehead atoms. The molecule has 2 aliphatic heterocycles. The fraction of sp³-hybridized carbons (Fsp3) is 1.00. The molecule has 3 aliphatic rings. The van der Waals surface area contributed by atoms with E-state index in [2.05, 4.69) is 11.8 Å². The van der Waals surface area contributed by atoms with Gasteiger partial charge in [-0.2, -0.15) is 0 Å². The fourth-order valence-electron chi connectivity index (χ4n) is 3.69. The molecule has 3 fully saturated rings. The Kier molecular flexibility index (Phi) is 3.42. The zero-order valence-electron chi connectivity index (χ0n) is 11.0. The van der Waals surface area contributed by atoms with E-state index >= 15 is 0 Å². The maximum Gasteiger partial charge on any atom is 0.168 e. The highest BCUT2D eigenvalue weighted by atomic mass is 16.7. The van der Waals surface area contributed by atoms with Gasteiger partial charge in [0, 0.05) is 32.0 Å². The van der Waals surface area contributed by atoms with Crippen LogP contribution in [0.15, 0.2) is 0 Å². The minimum Gasteiger partial charge on any atom is -0.348 e. The monoisotopic (exact) mass is 239 g/mol. The molecule has 3 nitrogen and oxygen atoms in total. The Labute approximate surface area is 104 Å². The molecule has 1 saturated carbocycles. The van der Waals surface area contributed by atoms with Crippen LogP contribution in [0.1, 0.15) is 45.4 Å². The summed E-state index contributed by atoms with van der Waals surface area (Å²) >= 11 is 0. The number of nitrogens with zero attached hydrogens (tertiary/aromatic N) is 1. The third-order valence-corrected chi connectivity index (χ3v) is 4.73. The summed E-state index contributed by atoms with van der Waals surface area (Å²) in [4.78, 5) is 2.68. The first kappa shape index (κ1) is 11.9. The molecule has 0 radical (unpaired) electrons. The van der Waals surface area contributed by atoms with Crippen molar-refractivity contribution in [3.8, 4) is 0 Å². The molecule has 0 aromatic rings. The van der Waals surface area contributed by atoms with Crippen LogP contribution in [0.3, 0.4) is 0 Å². The van der Waals surface area contributed by atoms with Crippen molar-refractivity contribution in [1.29, 1.82) is 0 Å². The van der Waals surface area contributed by atoms with E-state index in [1.54, 1.807) is 0 Å². The van der Waals surface area contributed by atoms with Crippen LogP contribution in [0.25, 0.3) is 0 Å². The lowest BCUT2D eigenvalue weighted by atomic mass is 9.85. The lowest BCUT2D eigenvalue weighted by Gasteiger charge is -2.48. The van der Waals surface area contributed by atoms with Gasteiger partial charge >= 0.3 is 0 Å². The topological polar surface area (TPSA) is 21.7 Å². The molecule has 0 atom stereocenters. The Morgan fingerprint density at radius 3 is 2.35 bits per heavy atom. The third kappa shape index (κ3) is 2.38. The Hall–Kier alpha value is -0.120. The molecular weight excluding hydrogens is 214 g/mol. The van der Waals surface area contributed by atoms with Crippen molar-refractivity contribution in [2.24, 2.45) is 5.92 Å². The summed E-state index contributed by atoms with van der Waals surface area (Å²) in [6, 6.07) is 0.807. The standard InChI is InChI=1S/C14H25NO2/c1-2-3-12-10-15(11-12)13-4-6-14(7-5-13)16-8-9-17-14/h12-13H,2-11H2,1H3. The largest absolute Gasteiger partial charge is 0.348 e. The quantitative estimate of drug-likeness (QED) is 0.755. The van der Waals surface area contributed by atoms with Crippen molar-refractivity contribution < 1.29 is 9.47 Å². The van der Waals surface area contributed by atoms with Crippen LogP contribution in [-0.4, -0.2) is 43.0 Å². The molecule has 0 aromatic carbocycles. The molecule has 0 aromatic heterocycles. The lowest BCUT2D eigenvalue weighted by molar-refractivity contribution is -0.187. The third-order valence-electron chi connectivity index (χ3n) is 4.73. The molecule has 17 heavy (non-hydrogen) atoms. The van der Waals surface area contributed by atoms with Gasteiger partial charge in [-0.25, -0.2) is 0 Å². The van der Waals surface area contributed by atoms with Crippen LogP contribution in [0.5, 0.6) is 0 Å². The van der Waals surface area contributed by atoms with Gasteiger partial charge in [-0.3, -0.25) is 4.90 Å². The van der Waals surface area contributed by atoms with Crippen LogP contribution < -0.4 is 0 Å². The van der Waals surface area contributed by atoms with Crippen LogP contribution in [0, 0.1) is 5.92 Å². The summed E-state index contributed by atoms with van der Waals surface area (Å²) < 4.78 is 11.6. The normalized spacial score (nSPS) is 30.9. The van der Waals surface area contributed by atoms with Crippen molar-refractivity contribution in [2.75, 3.05) is 26.3 Å². The van der Waals surface area contributed by atoms with E-state index in [0.29, 0.717) is 0 Å². The van der Waals surface area contributed by atoms with E-state index in [4.69, 9.17) is 9.47 Å². The average molecular weight is 239 g/mol. The molecule has 1 spiro atoms. The van der Waals surface area contributed by atoms with E-state index in [9.17, 15) is 0 Å². The molecule has 3 rings (SSSR count). The average Bonchev–Trinajstić information content (AvgIpc) is 2.74. The van der Waals surface area contributed by atoms with Gasteiger partial charge in [0.25, 0.3) is 0 Å². The number of hydrogen-bond acceptors (Lipinski definition) is 3. The van der Waals surface area contributed by atoms with E-state index in [1.807, 2.05) is 0 Å². The zero-order chi connectivity index (χ0) is 11.7. The van der Waals surface area contributed by atoms with E-state index in [0.717, 1.165) is 38.0 Å². The van der Waals surface area contributed by atoms with Gasteiger partial charge in [0.2, 0.25) is 0 Å². The Morgan fingerprint density at radius 1 is 1.12 bits per heavy atom. The Bertz CT molecular complexity index is 247. The summed E-state index contributed by atoms with van der Waals surface area (Å²) in [6.45, 7) is 6.57. The highest BCUT2D eigenvalue weighted by molar-refractivity contribution is 4.91. The van der Waals surface area contributed by atoms with Crippen molar-refractivity contribution in [3.05, 3.63) is 0 Å². The molecule has 0 N–H and O–H groups in total. The maximum atomic E-state index is 5.78. The highest BCUT2D eigenvalue weighted by Crippen LogP contribution is 2.39. The van der Waals surface area contributed by atoms with Crippen molar-refractivity contribution >= 4 is 0 Å². The minimum absolute atomic E-state index is 0.176. The number of likely N-dealkylation sites (tertiary alicyclic amines) is 1. The fourth-order valence-corrected chi connectivity index (χ4v) is 3.69. The van der Waals surface area contributed by atoms with Gasteiger partial charge in [0.05, 0.1) is 13.2 Å². The van der Waals surface area contributed by atoms with Gasteiger partial charge in [0.15, 0.2) is 5.79 Å². The molecule has 98 valence electrons. The molecule has 3 heteroatoms. The van der Waals surface area contributed by atoms with Gasteiger partial charge in [-0.1, -0.05) is 13.3 Å². The number of rotatable bonds is 3. The Balaban J connectivity index is 1.43. The van der Waals surface area contributed by atoms with Gasteiger partial charge in [-0.15, -0.1) is 0 Å². The zero-order valence-corrected chi connectivity index (χ0v) is 11.0. The second-order valence-electron chi connectivity index (χ2n) is 5.95. The van der Waals surface area contributed by atoms with Gasteiger partial charge < -0.3 is 9.47 Å². The van der Waals surface area contributed by atoms with Crippen molar-refractivity contribution in [3.63, 3.8) is 0 Å². The summed E-state index contributed by atoms with van der Waals surface area (Å²) in [5.74, 6) is 0.805. The van der Waals surface area contributed by atoms with Gasteiger partial charge in [0.1, 0.15) is 0 Å². The molecule has 0 amide bonds. The Morgan fingerprint density at radius 2 is 1.76 bits per heavy atom. The predicted molar refractivity (Wildman–Crippen MR) is 66.9 cm³/mol. The second-order valence-corrected chi connectivity index (χ2v) is 5.95. The van der Waals surface area contributed by atoms with E-state index < -0.39 is 0 Å². The van der Waals surface area contributed by atoms with Gasteiger partial charge in [-0.05, 0) is 25.2 Å². The lowest BCUT2D eigenvalue weighted by Crippen LogP contribution is -2.54.